The normalized spacial score (nSPS) is 18.2. The molecule has 1 N–H and O–H groups in total. The number of rotatable bonds is 10. The highest BCUT2D eigenvalue weighted by Gasteiger charge is 2.32. The van der Waals surface area contributed by atoms with E-state index in [2.05, 4.69) is 37.0 Å². The molecule has 0 spiro atoms. The lowest BCUT2D eigenvalue weighted by Gasteiger charge is -2.35. The van der Waals surface area contributed by atoms with Crippen LogP contribution >= 0.6 is 11.3 Å². The molecule has 44 heavy (non-hydrogen) atoms. The number of esters is 1. The second kappa shape index (κ2) is 13.7. The maximum atomic E-state index is 15.7. The molecule has 4 heterocycles. The molecule has 2 aromatic heterocycles. The Morgan fingerprint density at radius 3 is 2.55 bits per heavy atom. The molecule has 2 saturated heterocycles. The quantitative estimate of drug-likeness (QED) is 0.227. The molecular weight excluding hydrogens is 605 g/mol. The Morgan fingerprint density at radius 1 is 1.09 bits per heavy atom. The van der Waals surface area contributed by atoms with Crippen LogP contribution in [0, 0.1) is 17.6 Å². The van der Waals surface area contributed by atoms with E-state index in [1.165, 1.54) is 17.7 Å². The van der Waals surface area contributed by atoms with Gasteiger partial charge in [0.15, 0.2) is 16.8 Å². The standard InChI is InChI=1S/C29H34F5N7O2S/c1-3-43-23(42)5-7-39-8-10-41(11-9-39)27-24(31)26(35-17-36-27)38-28-37-25(22(44-28)16-40-6-4-18(2)15-40)19-12-20(29(32,33)34)14-21(30)13-19/h12-14,17-18H,3-11,15-16H2,1-2H3,(H,35,36,37,38)/t18-/m0/s1. The SMILES string of the molecule is CCOC(=O)CCN1CCN(c2ncnc(Nc3nc(-c4cc(F)cc(C(F)(F)F)c4)c(CN4CC[C@H](C)C4)s3)c2F)CC1. The van der Waals surface area contributed by atoms with Gasteiger partial charge in [-0.05, 0) is 44.0 Å². The van der Waals surface area contributed by atoms with Gasteiger partial charge in [-0.1, -0.05) is 18.3 Å². The van der Waals surface area contributed by atoms with E-state index in [1.807, 2.05) is 0 Å². The number of ether oxygens (including phenoxy) is 1. The fraction of sp³-hybridized carbons (Fsp3) is 0.517. The molecule has 2 aliphatic heterocycles. The Labute approximate surface area is 256 Å². The monoisotopic (exact) mass is 639 g/mol. The van der Waals surface area contributed by atoms with Crippen LogP contribution < -0.4 is 10.2 Å². The van der Waals surface area contributed by atoms with E-state index in [-0.39, 0.29) is 40.4 Å². The van der Waals surface area contributed by atoms with Crippen LogP contribution in [0.5, 0.6) is 0 Å². The van der Waals surface area contributed by atoms with E-state index >= 15 is 4.39 Å². The topological polar surface area (TPSA) is 86.7 Å². The largest absolute Gasteiger partial charge is 0.466 e. The summed E-state index contributed by atoms with van der Waals surface area (Å²) in [5, 5.41) is 3.10. The van der Waals surface area contributed by atoms with E-state index in [1.54, 1.807) is 11.8 Å². The summed E-state index contributed by atoms with van der Waals surface area (Å²) in [6.07, 6.45) is -2.22. The van der Waals surface area contributed by atoms with E-state index in [0.717, 1.165) is 31.6 Å². The molecule has 2 aliphatic rings. The van der Waals surface area contributed by atoms with Gasteiger partial charge in [0.25, 0.3) is 0 Å². The van der Waals surface area contributed by atoms with Crippen molar-refractivity contribution >= 4 is 34.1 Å². The van der Waals surface area contributed by atoms with E-state index in [9.17, 15) is 22.4 Å². The summed E-state index contributed by atoms with van der Waals surface area (Å²) < 4.78 is 75.5. The predicted octanol–water partition coefficient (Wildman–Crippen LogP) is 5.56. The van der Waals surface area contributed by atoms with Crippen molar-refractivity contribution < 1.29 is 31.5 Å². The number of hydrogen-bond acceptors (Lipinski definition) is 10. The number of hydrogen-bond donors (Lipinski definition) is 1. The second-order valence-corrected chi connectivity index (χ2v) is 12.1. The minimum absolute atomic E-state index is 0.00598. The molecule has 1 aromatic carbocycles. The van der Waals surface area contributed by atoms with Crippen molar-refractivity contribution in [3.05, 3.63) is 46.6 Å². The van der Waals surface area contributed by atoms with Crippen LogP contribution in [-0.2, 0) is 22.3 Å². The summed E-state index contributed by atoms with van der Waals surface area (Å²) >= 11 is 1.17. The predicted molar refractivity (Wildman–Crippen MR) is 157 cm³/mol. The molecule has 5 rings (SSSR count). The molecule has 238 valence electrons. The van der Waals surface area contributed by atoms with Crippen molar-refractivity contribution in [2.45, 2.75) is 39.4 Å². The Kier molecular flexibility index (Phi) is 9.95. The van der Waals surface area contributed by atoms with Crippen LogP contribution in [-0.4, -0.2) is 83.1 Å². The van der Waals surface area contributed by atoms with Gasteiger partial charge in [0, 0.05) is 56.3 Å². The molecule has 0 amide bonds. The molecule has 0 aliphatic carbocycles. The molecule has 0 saturated carbocycles. The third kappa shape index (κ3) is 7.80. The number of carbonyl (C=O) groups excluding carboxylic acids is 1. The van der Waals surface area contributed by atoms with Crippen molar-refractivity contribution in [2.75, 3.05) is 62.6 Å². The first-order chi connectivity index (χ1) is 21.0. The molecule has 2 fully saturated rings. The molecule has 15 heteroatoms. The van der Waals surface area contributed by atoms with E-state index in [0.29, 0.717) is 62.7 Å². The first kappa shape index (κ1) is 32.0. The minimum atomic E-state index is -4.73. The number of piperazine rings is 1. The lowest BCUT2D eigenvalue weighted by molar-refractivity contribution is -0.143. The number of nitrogens with zero attached hydrogens (tertiary/aromatic N) is 6. The van der Waals surface area contributed by atoms with Crippen molar-refractivity contribution in [3.8, 4) is 11.3 Å². The molecule has 0 radical (unpaired) electrons. The third-order valence-corrected chi connectivity index (χ3v) is 8.63. The molecular formula is C29H34F5N7O2S. The van der Waals surface area contributed by atoms with Gasteiger partial charge in [-0.15, -0.1) is 0 Å². The van der Waals surface area contributed by atoms with Crippen molar-refractivity contribution in [2.24, 2.45) is 5.92 Å². The highest BCUT2D eigenvalue weighted by Crippen LogP contribution is 2.38. The van der Waals surface area contributed by atoms with Gasteiger partial charge in [0.2, 0.25) is 5.82 Å². The van der Waals surface area contributed by atoms with Gasteiger partial charge in [-0.25, -0.2) is 19.3 Å². The first-order valence-corrected chi connectivity index (χ1v) is 15.3. The number of benzene rings is 1. The highest BCUT2D eigenvalue weighted by molar-refractivity contribution is 7.16. The second-order valence-electron chi connectivity index (χ2n) is 11.0. The lowest BCUT2D eigenvalue weighted by atomic mass is 10.1. The number of anilines is 3. The molecule has 3 aromatic rings. The van der Waals surface area contributed by atoms with Crippen LogP contribution in [0.25, 0.3) is 11.3 Å². The van der Waals surface area contributed by atoms with Crippen molar-refractivity contribution in [3.63, 3.8) is 0 Å². The van der Waals surface area contributed by atoms with Gasteiger partial charge in [-0.2, -0.15) is 17.6 Å². The number of carbonyl (C=O) groups is 1. The van der Waals surface area contributed by atoms with Crippen molar-refractivity contribution in [1.82, 2.24) is 24.8 Å². The average molecular weight is 640 g/mol. The summed E-state index contributed by atoms with van der Waals surface area (Å²) in [6.45, 7) is 8.99. The number of thiazole rings is 1. The molecule has 9 nitrogen and oxygen atoms in total. The minimum Gasteiger partial charge on any atom is -0.466 e. The summed E-state index contributed by atoms with van der Waals surface area (Å²) in [5.41, 5.74) is -0.910. The van der Waals surface area contributed by atoms with Crippen LogP contribution in [0.2, 0.25) is 0 Å². The molecule has 1 atom stereocenters. The zero-order chi connectivity index (χ0) is 31.4. The zero-order valence-corrected chi connectivity index (χ0v) is 25.3. The van der Waals surface area contributed by atoms with E-state index < -0.39 is 23.4 Å². The maximum Gasteiger partial charge on any atom is 0.416 e. The molecule has 0 bridgehead atoms. The van der Waals surface area contributed by atoms with Crippen LogP contribution in [0.1, 0.15) is 37.1 Å². The van der Waals surface area contributed by atoms with Crippen LogP contribution in [0.15, 0.2) is 24.5 Å². The summed E-state index contributed by atoms with van der Waals surface area (Å²) in [5.74, 6) is -1.51. The third-order valence-electron chi connectivity index (χ3n) is 7.68. The Bertz CT molecular complexity index is 1460. The van der Waals surface area contributed by atoms with Crippen LogP contribution in [0.4, 0.5) is 38.7 Å². The number of nitrogens with one attached hydrogen (secondary N) is 1. The fourth-order valence-corrected chi connectivity index (χ4v) is 6.46. The summed E-state index contributed by atoms with van der Waals surface area (Å²) in [6, 6.07) is 2.36. The van der Waals surface area contributed by atoms with Gasteiger partial charge in [0.05, 0.1) is 24.3 Å². The van der Waals surface area contributed by atoms with Crippen molar-refractivity contribution in [1.29, 1.82) is 0 Å². The van der Waals surface area contributed by atoms with E-state index in [4.69, 9.17) is 4.74 Å². The number of halogens is 5. The Morgan fingerprint density at radius 2 is 1.86 bits per heavy atom. The first-order valence-electron chi connectivity index (χ1n) is 14.5. The summed E-state index contributed by atoms with van der Waals surface area (Å²) in [4.78, 5) is 31.1. The smallest absolute Gasteiger partial charge is 0.416 e. The summed E-state index contributed by atoms with van der Waals surface area (Å²) in [7, 11) is 0. The fourth-order valence-electron chi connectivity index (χ4n) is 5.44. The molecule has 0 unspecified atom stereocenters. The number of alkyl halides is 3. The van der Waals surface area contributed by atoms with Gasteiger partial charge >= 0.3 is 12.1 Å². The van der Waals surface area contributed by atoms with Gasteiger partial charge in [0.1, 0.15) is 12.1 Å². The number of likely N-dealkylation sites (tertiary alicyclic amines) is 1. The zero-order valence-electron chi connectivity index (χ0n) is 24.5. The highest BCUT2D eigenvalue weighted by atomic mass is 32.1. The van der Waals surface area contributed by atoms with Gasteiger partial charge < -0.3 is 15.0 Å². The Hall–Kier alpha value is -3.43. The average Bonchev–Trinajstić information content (AvgIpc) is 3.58. The Balaban J connectivity index is 1.35. The van der Waals surface area contributed by atoms with Gasteiger partial charge in [-0.3, -0.25) is 14.6 Å². The maximum absolute atomic E-state index is 15.7. The lowest BCUT2D eigenvalue weighted by Crippen LogP contribution is -2.47. The van der Waals surface area contributed by atoms with Crippen LogP contribution in [0.3, 0.4) is 0 Å². The number of aromatic nitrogens is 3.